The standard InChI is InChI=1S/C38H58O18/c1-15(39)21-8-9-22-20-7-6-18-14-19(10-12-37(18,4)23(20)11-13-38(21,22)5)51-56-36-32(53-55-35-29(45)27(43)25(41)17(3)49-35)30(46)31(33(47)50-36)52-54-34-28(44)26(42)24(40)16(2)48-34/h6,8,16-17,19-20,22-36,40-47H,7,9-14H2,1-5H3. The van der Waals surface area contributed by atoms with Crippen molar-refractivity contribution in [3.8, 4) is 0 Å². The highest BCUT2D eigenvalue weighted by Crippen LogP contribution is 2.65. The van der Waals surface area contributed by atoms with E-state index in [0.717, 1.165) is 37.7 Å². The number of carbonyl (C=O) groups is 1. The Bertz CT molecular complexity index is 1480. The number of Topliss-reactive ketones (excluding diaryl/α,β-unsaturated/α-hetero) is 1. The first-order valence-electron chi connectivity index (χ1n) is 19.7. The third kappa shape index (κ3) is 7.57. The fraction of sp³-hybridized carbons (Fsp3) is 0.868. The van der Waals surface area contributed by atoms with Gasteiger partial charge >= 0.3 is 0 Å². The van der Waals surface area contributed by atoms with Crippen LogP contribution in [0.4, 0.5) is 0 Å². The van der Waals surface area contributed by atoms with Gasteiger partial charge in [0.05, 0.1) is 18.3 Å². The van der Waals surface area contributed by atoms with Gasteiger partial charge in [-0.15, -0.1) is 0 Å². The first-order chi connectivity index (χ1) is 26.5. The van der Waals surface area contributed by atoms with Gasteiger partial charge in [0.15, 0.2) is 24.3 Å². The molecule has 3 saturated heterocycles. The van der Waals surface area contributed by atoms with E-state index < -0.39 is 98.4 Å². The zero-order valence-electron chi connectivity index (χ0n) is 32.2. The summed E-state index contributed by atoms with van der Waals surface area (Å²) in [6.07, 6.45) is -14.1. The molecule has 18 heteroatoms. The number of ketones is 1. The average molecular weight is 803 g/mol. The van der Waals surface area contributed by atoms with Crippen molar-refractivity contribution in [1.82, 2.24) is 0 Å². The quantitative estimate of drug-likeness (QED) is 0.0802. The molecular formula is C38H58O18. The van der Waals surface area contributed by atoms with E-state index in [4.69, 9.17) is 43.5 Å². The molecule has 21 unspecified atom stereocenters. The molecule has 4 aliphatic carbocycles. The molecule has 3 aliphatic heterocycles. The second-order valence-electron chi connectivity index (χ2n) is 17.2. The van der Waals surface area contributed by atoms with Crippen LogP contribution in [0.25, 0.3) is 0 Å². The molecule has 56 heavy (non-hydrogen) atoms. The van der Waals surface area contributed by atoms with E-state index in [-0.39, 0.29) is 16.6 Å². The number of allylic oxidation sites excluding steroid dienone is 3. The Labute approximate surface area is 324 Å². The van der Waals surface area contributed by atoms with Gasteiger partial charge in [-0.05, 0) is 99.9 Å². The van der Waals surface area contributed by atoms with E-state index in [1.807, 2.05) is 0 Å². The minimum absolute atomic E-state index is 0.0570. The van der Waals surface area contributed by atoms with Crippen molar-refractivity contribution in [2.45, 2.75) is 178 Å². The number of hydrogen-bond acceptors (Lipinski definition) is 18. The summed E-state index contributed by atoms with van der Waals surface area (Å²) in [5.74, 6) is 1.51. The van der Waals surface area contributed by atoms with Crippen molar-refractivity contribution in [2.24, 2.45) is 28.6 Å². The van der Waals surface area contributed by atoms with Gasteiger partial charge in [-0.25, -0.2) is 29.3 Å². The summed E-state index contributed by atoms with van der Waals surface area (Å²) in [5, 5.41) is 83.6. The van der Waals surface area contributed by atoms with Crippen LogP contribution in [0.2, 0.25) is 0 Å². The Kier molecular flexibility index (Phi) is 12.5. The van der Waals surface area contributed by atoms with Crippen molar-refractivity contribution < 1.29 is 89.2 Å². The van der Waals surface area contributed by atoms with Crippen LogP contribution in [-0.4, -0.2) is 145 Å². The van der Waals surface area contributed by atoms with E-state index in [2.05, 4.69) is 26.0 Å². The number of hydrogen-bond donors (Lipinski definition) is 8. The van der Waals surface area contributed by atoms with Crippen molar-refractivity contribution in [2.75, 3.05) is 0 Å². The average Bonchev–Trinajstić information content (AvgIpc) is 3.53. The third-order valence-corrected chi connectivity index (χ3v) is 13.9. The van der Waals surface area contributed by atoms with Crippen molar-refractivity contribution in [1.29, 1.82) is 0 Å². The maximum atomic E-state index is 12.5. The first kappa shape index (κ1) is 42.6. The highest BCUT2D eigenvalue weighted by atomic mass is 17.3. The summed E-state index contributed by atoms with van der Waals surface area (Å²) in [5.41, 5.74) is 2.10. The van der Waals surface area contributed by atoms with Gasteiger partial charge in [0.25, 0.3) is 0 Å². The Morgan fingerprint density at radius 3 is 1.80 bits per heavy atom. The monoisotopic (exact) mass is 802 g/mol. The number of carbonyl (C=O) groups excluding carboxylic acids is 1. The zero-order chi connectivity index (χ0) is 40.4. The zero-order valence-corrected chi connectivity index (χ0v) is 32.2. The summed E-state index contributed by atoms with van der Waals surface area (Å²) < 4.78 is 16.4. The molecule has 2 saturated carbocycles. The molecule has 0 spiro atoms. The lowest BCUT2D eigenvalue weighted by molar-refractivity contribution is -0.529. The van der Waals surface area contributed by atoms with E-state index in [0.29, 0.717) is 30.6 Å². The van der Waals surface area contributed by atoms with Gasteiger partial charge in [-0.2, -0.15) is 0 Å². The van der Waals surface area contributed by atoms with E-state index >= 15 is 0 Å². The molecule has 0 aromatic rings. The molecular weight excluding hydrogens is 744 g/mol. The van der Waals surface area contributed by atoms with Gasteiger partial charge < -0.3 is 55.1 Å². The molecule has 0 radical (unpaired) electrons. The maximum absolute atomic E-state index is 12.5. The van der Waals surface area contributed by atoms with Crippen LogP contribution in [-0.2, 0) is 48.3 Å². The SMILES string of the molecule is CC(=O)C1=CCC2C3CC=C4CC(OOC5OC(O)C(OOC6OC(C)C(O)C(O)C6O)C(O)C5OOC5OC(C)C(O)C(O)C5O)CCC4(C)C3CCC12C. The molecule has 318 valence electrons. The highest BCUT2D eigenvalue weighted by Gasteiger charge is 2.58. The van der Waals surface area contributed by atoms with Crippen LogP contribution in [0.15, 0.2) is 23.3 Å². The Balaban J connectivity index is 1.01. The summed E-state index contributed by atoms with van der Waals surface area (Å²) in [6.45, 7) is 9.11. The Morgan fingerprint density at radius 1 is 0.625 bits per heavy atom. The van der Waals surface area contributed by atoms with Crippen LogP contribution in [0, 0.1) is 28.6 Å². The minimum atomic E-state index is -1.96. The number of rotatable bonds is 10. The fourth-order valence-corrected chi connectivity index (χ4v) is 10.5. The molecule has 8 N–H and O–H groups in total. The van der Waals surface area contributed by atoms with Gasteiger partial charge in [0.2, 0.25) is 18.9 Å². The molecule has 7 rings (SSSR count). The lowest BCUT2D eigenvalue weighted by Gasteiger charge is -2.57. The maximum Gasteiger partial charge on any atom is 0.226 e. The van der Waals surface area contributed by atoms with E-state index in [1.165, 1.54) is 19.4 Å². The van der Waals surface area contributed by atoms with Gasteiger partial charge in [-0.3, -0.25) is 4.79 Å². The number of aliphatic hydroxyl groups is 8. The molecule has 18 nitrogen and oxygen atoms in total. The summed E-state index contributed by atoms with van der Waals surface area (Å²) in [4.78, 5) is 45.2. The lowest BCUT2D eigenvalue weighted by Crippen LogP contribution is -2.62. The van der Waals surface area contributed by atoms with E-state index in [1.54, 1.807) is 6.92 Å². The summed E-state index contributed by atoms with van der Waals surface area (Å²) >= 11 is 0. The minimum Gasteiger partial charge on any atom is -0.388 e. The van der Waals surface area contributed by atoms with Crippen molar-refractivity contribution >= 4 is 5.78 Å². The molecule has 7 aliphatic rings. The summed E-state index contributed by atoms with van der Waals surface area (Å²) in [6, 6.07) is 0. The number of aliphatic hydroxyl groups excluding tert-OH is 8. The molecule has 0 amide bonds. The number of fused-ring (bicyclic) bond motifs is 5. The number of ether oxygens (including phenoxy) is 3. The van der Waals surface area contributed by atoms with Crippen LogP contribution < -0.4 is 0 Å². The van der Waals surface area contributed by atoms with E-state index in [9.17, 15) is 45.6 Å². The normalized spacial score (nSPS) is 52.0. The smallest absolute Gasteiger partial charge is 0.226 e. The molecule has 3 heterocycles. The molecule has 0 bridgehead atoms. The van der Waals surface area contributed by atoms with Crippen molar-refractivity contribution in [3.05, 3.63) is 23.3 Å². The largest absolute Gasteiger partial charge is 0.388 e. The third-order valence-electron chi connectivity index (χ3n) is 13.9. The van der Waals surface area contributed by atoms with Gasteiger partial charge in [-0.1, -0.05) is 31.6 Å². The highest BCUT2D eigenvalue weighted by molar-refractivity contribution is 5.95. The molecule has 5 fully saturated rings. The van der Waals surface area contributed by atoms with Crippen LogP contribution in [0.5, 0.6) is 0 Å². The fourth-order valence-electron chi connectivity index (χ4n) is 10.5. The predicted molar refractivity (Wildman–Crippen MR) is 185 cm³/mol. The molecule has 21 atom stereocenters. The second-order valence-corrected chi connectivity index (χ2v) is 17.2. The Hall–Kier alpha value is -1.53. The van der Waals surface area contributed by atoms with Crippen molar-refractivity contribution in [3.63, 3.8) is 0 Å². The first-order valence-corrected chi connectivity index (χ1v) is 19.7. The summed E-state index contributed by atoms with van der Waals surface area (Å²) in [7, 11) is 0. The van der Waals surface area contributed by atoms with Gasteiger partial charge in [0.1, 0.15) is 42.7 Å². The van der Waals surface area contributed by atoms with Crippen LogP contribution >= 0.6 is 0 Å². The Morgan fingerprint density at radius 2 is 1.20 bits per heavy atom. The van der Waals surface area contributed by atoms with Gasteiger partial charge in [0, 0.05) is 0 Å². The topological polar surface area (TPSA) is 262 Å². The second kappa shape index (κ2) is 16.5. The molecule has 0 aromatic heterocycles. The predicted octanol–water partition coefficient (Wildman–Crippen LogP) is -0.284. The van der Waals surface area contributed by atoms with Crippen LogP contribution in [0.1, 0.15) is 79.6 Å². The molecule has 0 aromatic carbocycles. The van der Waals surface area contributed by atoms with Crippen LogP contribution in [0.3, 0.4) is 0 Å². The lowest BCUT2D eigenvalue weighted by atomic mass is 9.47.